The SMILES string of the molecule is COc1cc2c(cc1O[Si](c1ccccc1)(c1ccccc1)C(C)(C)C)NCC(O)C2. The molecule has 0 aliphatic carbocycles. The van der Waals surface area contributed by atoms with Gasteiger partial charge in [0.25, 0.3) is 0 Å². The Bertz CT molecular complexity index is 992. The van der Waals surface area contributed by atoms with E-state index < -0.39 is 8.32 Å². The number of methoxy groups -OCH3 is 1. The molecule has 0 radical (unpaired) electrons. The number of rotatable bonds is 5. The van der Waals surface area contributed by atoms with Gasteiger partial charge in [-0.2, -0.15) is 0 Å². The topological polar surface area (TPSA) is 50.7 Å². The second-order valence-electron chi connectivity index (χ2n) is 9.16. The average Bonchev–Trinajstić information content (AvgIpc) is 2.77. The summed E-state index contributed by atoms with van der Waals surface area (Å²) in [7, 11) is -1.08. The zero-order valence-electron chi connectivity index (χ0n) is 18.7. The molecule has 1 heterocycles. The van der Waals surface area contributed by atoms with Crippen molar-refractivity contribution in [3.8, 4) is 11.5 Å². The van der Waals surface area contributed by atoms with Gasteiger partial charge in [0.1, 0.15) is 5.75 Å². The van der Waals surface area contributed by atoms with Crippen LogP contribution in [0.2, 0.25) is 5.04 Å². The maximum atomic E-state index is 10.1. The smallest absolute Gasteiger partial charge is 0.320 e. The van der Waals surface area contributed by atoms with Crippen LogP contribution in [0.5, 0.6) is 11.5 Å². The quantitative estimate of drug-likeness (QED) is 0.598. The van der Waals surface area contributed by atoms with Crippen LogP contribution in [0.4, 0.5) is 5.69 Å². The minimum Gasteiger partial charge on any atom is -0.531 e. The maximum Gasteiger partial charge on any atom is 0.320 e. The molecule has 162 valence electrons. The molecule has 4 rings (SSSR count). The van der Waals surface area contributed by atoms with Crippen LogP contribution in [-0.4, -0.2) is 33.2 Å². The number of hydrogen-bond donors (Lipinski definition) is 2. The van der Waals surface area contributed by atoms with Crippen LogP contribution in [0.3, 0.4) is 0 Å². The molecule has 0 saturated carbocycles. The van der Waals surface area contributed by atoms with E-state index in [1.54, 1.807) is 7.11 Å². The Labute approximate surface area is 186 Å². The molecular formula is C26H31NO3Si. The zero-order chi connectivity index (χ0) is 22.1. The van der Waals surface area contributed by atoms with E-state index in [1.807, 2.05) is 24.3 Å². The van der Waals surface area contributed by atoms with Crippen molar-refractivity contribution >= 4 is 24.4 Å². The molecule has 1 aliphatic heterocycles. The van der Waals surface area contributed by atoms with Gasteiger partial charge < -0.3 is 19.6 Å². The van der Waals surface area contributed by atoms with Crippen LogP contribution in [0, 0.1) is 0 Å². The fourth-order valence-corrected chi connectivity index (χ4v) is 8.96. The summed E-state index contributed by atoms with van der Waals surface area (Å²) in [6.07, 6.45) is 0.221. The first-order valence-electron chi connectivity index (χ1n) is 10.8. The number of aliphatic hydroxyl groups is 1. The van der Waals surface area contributed by atoms with E-state index in [9.17, 15) is 5.11 Å². The van der Waals surface area contributed by atoms with Gasteiger partial charge in [-0.05, 0) is 27.0 Å². The molecule has 1 atom stereocenters. The fourth-order valence-electron chi connectivity index (χ4n) is 4.54. The number of nitrogens with one attached hydrogen (secondary N) is 1. The largest absolute Gasteiger partial charge is 0.531 e. The Morgan fingerprint density at radius 3 is 2.00 bits per heavy atom. The van der Waals surface area contributed by atoms with Gasteiger partial charge in [0.05, 0.1) is 13.2 Å². The molecule has 0 aromatic heterocycles. The Balaban J connectivity index is 1.92. The highest BCUT2D eigenvalue weighted by molar-refractivity contribution is 7.00. The van der Waals surface area contributed by atoms with Crippen LogP contribution >= 0.6 is 0 Å². The van der Waals surface area contributed by atoms with Crippen molar-refractivity contribution in [2.24, 2.45) is 0 Å². The highest BCUT2D eigenvalue weighted by Gasteiger charge is 2.52. The Morgan fingerprint density at radius 2 is 1.48 bits per heavy atom. The van der Waals surface area contributed by atoms with Gasteiger partial charge in [0.2, 0.25) is 0 Å². The molecule has 0 fully saturated rings. The molecular weight excluding hydrogens is 402 g/mol. The van der Waals surface area contributed by atoms with Gasteiger partial charge in [-0.15, -0.1) is 0 Å². The van der Waals surface area contributed by atoms with E-state index in [4.69, 9.17) is 9.16 Å². The van der Waals surface area contributed by atoms with E-state index in [-0.39, 0.29) is 11.1 Å². The third kappa shape index (κ3) is 3.95. The Hall–Kier alpha value is -2.76. The van der Waals surface area contributed by atoms with Crippen molar-refractivity contribution < 1.29 is 14.3 Å². The third-order valence-electron chi connectivity index (χ3n) is 6.05. The van der Waals surface area contributed by atoms with E-state index in [0.29, 0.717) is 18.7 Å². The van der Waals surface area contributed by atoms with Crippen molar-refractivity contribution in [2.75, 3.05) is 19.0 Å². The summed E-state index contributed by atoms with van der Waals surface area (Å²) in [5.41, 5.74) is 2.05. The highest BCUT2D eigenvalue weighted by Crippen LogP contribution is 2.42. The lowest BCUT2D eigenvalue weighted by atomic mass is 10.0. The number of ether oxygens (including phenoxy) is 1. The number of aliphatic hydroxyl groups excluding tert-OH is 1. The lowest BCUT2D eigenvalue weighted by Gasteiger charge is -2.43. The summed E-state index contributed by atoms with van der Waals surface area (Å²) in [6, 6.07) is 25.2. The summed E-state index contributed by atoms with van der Waals surface area (Å²) in [4.78, 5) is 0. The predicted molar refractivity (Wildman–Crippen MR) is 129 cm³/mol. The van der Waals surface area contributed by atoms with Crippen LogP contribution in [-0.2, 0) is 6.42 Å². The van der Waals surface area contributed by atoms with Gasteiger partial charge >= 0.3 is 8.32 Å². The fraction of sp³-hybridized carbons (Fsp3) is 0.308. The second kappa shape index (κ2) is 8.40. The zero-order valence-corrected chi connectivity index (χ0v) is 19.7. The van der Waals surface area contributed by atoms with Crippen molar-refractivity contribution in [1.82, 2.24) is 0 Å². The summed E-state index contributed by atoms with van der Waals surface area (Å²) in [5.74, 6) is 1.43. The molecule has 0 saturated heterocycles. The molecule has 31 heavy (non-hydrogen) atoms. The van der Waals surface area contributed by atoms with Gasteiger partial charge in [-0.3, -0.25) is 0 Å². The molecule has 0 bridgehead atoms. The molecule has 5 heteroatoms. The molecule has 3 aromatic carbocycles. The van der Waals surface area contributed by atoms with E-state index in [2.05, 4.69) is 74.6 Å². The first kappa shape index (κ1) is 21.5. The number of anilines is 1. The predicted octanol–water partition coefficient (Wildman–Crippen LogP) is 3.96. The van der Waals surface area contributed by atoms with Crippen LogP contribution in [0.25, 0.3) is 0 Å². The Kier molecular flexibility index (Phi) is 5.82. The number of fused-ring (bicyclic) bond motifs is 1. The van der Waals surface area contributed by atoms with Crippen molar-refractivity contribution in [3.63, 3.8) is 0 Å². The summed E-state index contributed by atoms with van der Waals surface area (Å²) in [5, 5.41) is 15.7. The molecule has 3 aromatic rings. The van der Waals surface area contributed by atoms with Crippen LogP contribution in [0.1, 0.15) is 26.3 Å². The standard InChI is InChI=1S/C26H31NO3Si/c1-26(2,3)31(21-11-7-5-8-12-21,22-13-9-6-10-14-22)30-25-17-23-19(16-24(25)29-4)15-20(28)18-27-23/h5-14,16-17,20,27-28H,15,18H2,1-4H3. The van der Waals surface area contributed by atoms with Crippen molar-refractivity contribution in [1.29, 1.82) is 0 Å². The van der Waals surface area contributed by atoms with Gasteiger partial charge in [-0.25, -0.2) is 0 Å². The van der Waals surface area contributed by atoms with Gasteiger partial charge in [-0.1, -0.05) is 81.4 Å². The lowest BCUT2D eigenvalue weighted by molar-refractivity contribution is 0.184. The van der Waals surface area contributed by atoms with Crippen LogP contribution < -0.4 is 24.9 Å². The van der Waals surface area contributed by atoms with Gasteiger partial charge in [0.15, 0.2) is 5.75 Å². The normalized spacial score (nSPS) is 16.2. The van der Waals surface area contributed by atoms with E-state index in [0.717, 1.165) is 17.0 Å². The summed E-state index contributed by atoms with van der Waals surface area (Å²) >= 11 is 0. The van der Waals surface area contributed by atoms with Gasteiger partial charge in [0, 0.05) is 24.7 Å². The summed E-state index contributed by atoms with van der Waals surface area (Å²) in [6.45, 7) is 7.33. The molecule has 0 amide bonds. The number of β-amino-alcohol motifs (C(OH)–C–C–N with tert-alkyl or cyclic N) is 1. The van der Waals surface area contributed by atoms with Crippen LogP contribution in [0.15, 0.2) is 72.8 Å². The first-order chi connectivity index (χ1) is 14.8. The molecule has 4 nitrogen and oxygen atoms in total. The van der Waals surface area contributed by atoms with E-state index in [1.165, 1.54) is 10.4 Å². The maximum absolute atomic E-state index is 10.1. The minimum absolute atomic E-state index is 0.139. The highest BCUT2D eigenvalue weighted by atomic mass is 28.4. The first-order valence-corrected chi connectivity index (χ1v) is 12.7. The molecule has 1 aliphatic rings. The lowest BCUT2D eigenvalue weighted by Crippen LogP contribution is -2.68. The van der Waals surface area contributed by atoms with E-state index >= 15 is 0 Å². The van der Waals surface area contributed by atoms with Crippen molar-refractivity contribution in [2.45, 2.75) is 38.3 Å². The molecule has 0 spiro atoms. The Morgan fingerprint density at radius 1 is 0.903 bits per heavy atom. The average molecular weight is 434 g/mol. The van der Waals surface area contributed by atoms with Crippen molar-refractivity contribution in [3.05, 3.63) is 78.4 Å². The number of hydrogen-bond acceptors (Lipinski definition) is 4. The minimum atomic E-state index is -2.75. The number of benzene rings is 3. The third-order valence-corrected chi connectivity index (χ3v) is 11.0. The second-order valence-corrected chi connectivity index (χ2v) is 13.4. The molecule has 1 unspecified atom stereocenters. The molecule has 2 N–H and O–H groups in total. The summed E-state index contributed by atoms with van der Waals surface area (Å²) < 4.78 is 12.9. The monoisotopic (exact) mass is 433 g/mol.